The molecule has 12 heteroatoms. The van der Waals surface area contributed by atoms with Crippen molar-refractivity contribution in [1.29, 1.82) is 0 Å². The number of hydrogen-bond acceptors (Lipinski definition) is 8. The zero-order valence-corrected chi connectivity index (χ0v) is 17.5. The fourth-order valence-corrected chi connectivity index (χ4v) is 3.88. The maximum atomic E-state index is 13.2. The number of aryl methyl sites for hydroxylation is 1. The van der Waals surface area contributed by atoms with Crippen molar-refractivity contribution in [3.05, 3.63) is 53.9 Å². The molecule has 0 atom stereocenters. The molecule has 162 valence electrons. The Morgan fingerprint density at radius 1 is 1.16 bits per heavy atom. The fraction of sp³-hybridized carbons (Fsp3) is 0.263. The molecular formula is C19H21N7O4S. The average molecular weight is 443 g/mol. The summed E-state index contributed by atoms with van der Waals surface area (Å²) >= 11 is 0. The van der Waals surface area contributed by atoms with Crippen LogP contribution < -0.4 is 15.4 Å². The summed E-state index contributed by atoms with van der Waals surface area (Å²) in [6.07, 6.45) is 0. The number of nitrogens with zero attached hydrogens (tertiary/aromatic N) is 5. The number of nitrogens with two attached hydrogens (primary N) is 1. The number of morpholine rings is 1. The molecule has 0 aliphatic carbocycles. The van der Waals surface area contributed by atoms with Gasteiger partial charge in [0.2, 0.25) is 10.0 Å². The first-order valence-electron chi connectivity index (χ1n) is 9.49. The third kappa shape index (κ3) is 4.55. The zero-order valence-electron chi connectivity index (χ0n) is 16.7. The molecule has 0 bridgehead atoms. The molecule has 1 aliphatic rings. The number of sulfonamides is 1. The van der Waals surface area contributed by atoms with Crippen LogP contribution in [0.25, 0.3) is 5.69 Å². The van der Waals surface area contributed by atoms with Crippen LogP contribution in [0.15, 0.2) is 47.4 Å². The van der Waals surface area contributed by atoms with Crippen LogP contribution in [0.2, 0.25) is 0 Å². The van der Waals surface area contributed by atoms with Crippen LogP contribution >= 0.6 is 0 Å². The molecule has 11 nitrogen and oxygen atoms in total. The van der Waals surface area contributed by atoms with Gasteiger partial charge in [-0.25, -0.2) is 13.6 Å². The monoisotopic (exact) mass is 443 g/mol. The number of amides is 1. The van der Waals surface area contributed by atoms with Gasteiger partial charge in [-0.1, -0.05) is 6.07 Å². The summed E-state index contributed by atoms with van der Waals surface area (Å²) < 4.78 is 30.6. The Kier molecular flexibility index (Phi) is 5.67. The van der Waals surface area contributed by atoms with Crippen LogP contribution in [0.1, 0.15) is 16.2 Å². The van der Waals surface area contributed by atoms with E-state index in [0.717, 1.165) is 0 Å². The van der Waals surface area contributed by atoms with Crippen LogP contribution in [0, 0.1) is 6.92 Å². The third-order valence-corrected chi connectivity index (χ3v) is 5.78. The van der Waals surface area contributed by atoms with Gasteiger partial charge in [-0.3, -0.25) is 4.79 Å². The Labute approximate surface area is 178 Å². The van der Waals surface area contributed by atoms with E-state index in [0.29, 0.717) is 49.2 Å². The van der Waals surface area contributed by atoms with Gasteiger partial charge in [0.25, 0.3) is 5.91 Å². The number of ether oxygens (including phenoxy) is 1. The molecule has 4 rings (SSSR count). The molecule has 2 heterocycles. The van der Waals surface area contributed by atoms with Gasteiger partial charge in [-0.2, -0.15) is 4.68 Å². The number of benzene rings is 2. The number of primary sulfonamides is 1. The number of tetrazole rings is 1. The summed E-state index contributed by atoms with van der Waals surface area (Å²) in [4.78, 5) is 15.0. The number of carbonyl (C=O) groups excluding carboxylic acids is 1. The minimum atomic E-state index is -3.97. The highest BCUT2D eigenvalue weighted by atomic mass is 32.2. The van der Waals surface area contributed by atoms with E-state index >= 15 is 0 Å². The molecule has 1 aromatic heterocycles. The second-order valence-corrected chi connectivity index (χ2v) is 8.53. The van der Waals surface area contributed by atoms with Crippen molar-refractivity contribution in [2.24, 2.45) is 5.14 Å². The third-order valence-electron chi connectivity index (χ3n) is 4.87. The van der Waals surface area contributed by atoms with E-state index in [1.807, 2.05) is 4.90 Å². The topological polar surface area (TPSA) is 145 Å². The van der Waals surface area contributed by atoms with Gasteiger partial charge in [-0.15, -0.1) is 5.10 Å². The SMILES string of the molecule is Cc1nnnn1-c1cccc(NC(=O)c2cc(S(N)(=O)=O)ccc2N2CCOCC2)c1. The normalized spacial score (nSPS) is 14.5. The summed E-state index contributed by atoms with van der Waals surface area (Å²) in [5.74, 6) is 0.136. The van der Waals surface area contributed by atoms with Gasteiger partial charge in [0, 0.05) is 24.5 Å². The first kappa shape index (κ1) is 20.9. The fourth-order valence-electron chi connectivity index (χ4n) is 3.34. The summed E-state index contributed by atoms with van der Waals surface area (Å²) in [5.41, 5.74) is 2.00. The molecule has 2 aromatic carbocycles. The predicted octanol–water partition coefficient (Wildman–Crippen LogP) is 0.707. The van der Waals surface area contributed by atoms with Crippen molar-refractivity contribution < 1.29 is 17.9 Å². The number of carbonyl (C=O) groups is 1. The second kappa shape index (κ2) is 8.41. The van der Waals surface area contributed by atoms with E-state index in [1.54, 1.807) is 37.3 Å². The standard InChI is InChI=1S/C19H21N7O4S/c1-13-22-23-24-26(13)15-4-2-3-14(11-15)21-19(27)17-12-16(31(20,28)29)5-6-18(17)25-7-9-30-10-8-25/h2-6,11-12H,7-10H2,1H3,(H,21,27)(H2,20,28,29). The molecule has 0 saturated carbocycles. The van der Waals surface area contributed by atoms with E-state index in [9.17, 15) is 13.2 Å². The zero-order chi connectivity index (χ0) is 22.0. The summed E-state index contributed by atoms with van der Waals surface area (Å²) in [6.45, 7) is 3.97. The van der Waals surface area contributed by atoms with Crippen LogP contribution in [-0.4, -0.2) is 60.8 Å². The summed E-state index contributed by atoms with van der Waals surface area (Å²) in [5, 5.41) is 19.5. The van der Waals surface area contributed by atoms with Crippen molar-refractivity contribution in [2.45, 2.75) is 11.8 Å². The molecule has 1 fully saturated rings. The van der Waals surface area contributed by atoms with Crippen molar-refractivity contribution in [2.75, 3.05) is 36.5 Å². The second-order valence-electron chi connectivity index (χ2n) is 6.97. The first-order chi connectivity index (χ1) is 14.8. The van der Waals surface area contributed by atoms with E-state index in [-0.39, 0.29) is 10.5 Å². The van der Waals surface area contributed by atoms with Crippen molar-refractivity contribution in [3.8, 4) is 5.69 Å². The highest BCUT2D eigenvalue weighted by Gasteiger charge is 2.22. The van der Waals surface area contributed by atoms with Crippen molar-refractivity contribution in [3.63, 3.8) is 0 Å². The lowest BCUT2D eigenvalue weighted by molar-refractivity contribution is 0.102. The molecule has 3 N–H and O–H groups in total. The van der Waals surface area contributed by atoms with Gasteiger partial charge in [0.1, 0.15) is 0 Å². The van der Waals surface area contributed by atoms with Crippen LogP contribution in [0.4, 0.5) is 11.4 Å². The lowest BCUT2D eigenvalue weighted by Gasteiger charge is -2.30. The van der Waals surface area contributed by atoms with Crippen LogP contribution in [0.5, 0.6) is 0 Å². The Morgan fingerprint density at radius 3 is 2.61 bits per heavy atom. The van der Waals surface area contributed by atoms with Crippen molar-refractivity contribution in [1.82, 2.24) is 20.2 Å². The lowest BCUT2D eigenvalue weighted by Crippen LogP contribution is -2.37. The van der Waals surface area contributed by atoms with Gasteiger partial charge >= 0.3 is 0 Å². The van der Waals surface area contributed by atoms with E-state index in [1.165, 1.54) is 16.8 Å². The molecule has 31 heavy (non-hydrogen) atoms. The highest BCUT2D eigenvalue weighted by molar-refractivity contribution is 7.89. The Bertz CT molecular complexity index is 1220. The van der Waals surface area contributed by atoms with E-state index < -0.39 is 15.9 Å². The molecular weight excluding hydrogens is 422 g/mol. The minimum absolute atomic E-state index is 0.132. The predicted molar refractivity (Wildman–Crippen MR) is 113 cm³/mol. The van der Waals surface area contributed by atoms with Crippen LogP contribution in [0.3, 0.4) is 0 Å². The first-order valence-corrected chi connectivity index (χ1v) is 11.0. The average Bonchev–Trinajstić information content (AvgIpc) is 3.19. The van der Waals surface area contributed by atoms with Crippen molar-refractivity contribution >= 4 is 27.3 Å². The Hall–Kier alpha value is -3.35. The van der Waals surface area contributed by atoms with Gasteiger partial charge in [0.05, 0.1) is 29.4 Å². The molecule has 0 spiro atoms. The molecule has 0 radical (unpaired) electrons. The maximum Gasteiger partial charge on any atom is 0.257 e. The largest absolute Gasteiger partial charge is 0.378 e. The number of hydrogen-bond donors (Lipinski definition) is 2. The van der Waals surface area contributed by atoms with Crippen LogP contribution in [-0.2, 0) is 14.8 Å². The van der Waals surface area contributed by atoms with E-state index in [4.69, 9.17) is 9.88 Å². The molecule has 1 amide bonds. The highest BCUT2D eigenvalue weighted by Crippen LogP contribution is 2.26. The number of rotatable bonds is 5. The summed E-state index contributed by atoms with van der Waals surface area (Å²) in [7, 11) is -3.97. The lowest BCUT2D eigenvalue weighted by atomic mass is 10.1. The quantitative estimate of drug-likeness (QED) is 0.586. The number of aromatic nitrogens is 4. The Balaban J connectivity index is 1.68. The maximum absolute atomic E-state index is 13.2. The number of anilines is 2. The summed E-state index contributed by atoms with van der Waals surface area (Å²) in [6, 6.07) is 11.3. The van der Waals surface area contributed by atoms with Gasteiger partial charge in [-0.05, 0) is 53.7 Å². The van der Waals surface area contributed by atoms with Gasteiger partial charge in [0.15, 0.2) is 5.82 Å². The van der Waals surface area contributed by atoms with E-state index in [2.05, 4.69) is 20.8 Å². The minimum Gasteiger partial charge on any atom is -0.378 e. The number of nitrogens with one attached hydrogen (secondary N) is 1. The molecule has 1 aliphatic heterocycles. The Morgan fingerprint density at radius 2 is 1.94 bits per heavy atom. The molecule has 3 aromatic rings. The molecule has 0 unspecified atom stereocenters. The smallest absolute Gasteiger partial charge is 0.257 e. The van der Waals surface area contributed by atoms with Gasteiger partial charge < -0.3 is 15.0 Å². The molecule has 1 saturated heterocycles.